The molecular formula is C13H19N. The molecule has 1 aliphatic heterocycles. The number of hydrogen-bond acceptors (Lipinski definition) is 1. The Morgan fingerprint density at radius 1 is 1.36 bits per heavy atom. The van der Waals surface area contributed by atoms with Crippen molar-refractivity contribution >= 4 is 0 Å². The highest BCUT2D eigenvalue weighted by atomic mass is 14.8. The number of hydrogen-bond donors (Lipinski definition) is 1. The SMILES string of the molecule is C=C1\C=C/C=C\C=C\NCCC1CC. The second kappa shape index (κ2) is 6.25. The van der Waals surface area contributed by atoms with Crippen molar-refractivity contribution in [2.75, 3.05) is 6.54 Å². The van der Waals surface area contributed by atoms with Gasteiger partial charge >= 0.3 is 0 Å². The van der Waals surface area contributed by atoms with Crippen molar-refractivity contribution in [3.8, 4) is 0 Å². The molecule has 0 aromatic rings. The topological polar surface area (TPSA) is 12.0 Å². The van der Waals surface area contributed by atoms with Crippen LogP contribution in [-0.2, 0) is 0 Å². The largest absolute Gasteiger partial charge is 0.391 e. The molecule has 1 heteroatoms. The van der Waals surface area contributed by atoms with Crippen LogP contribution < -0.4 is 5.32 Å². The smallest absolute Gasteiger partial charge is 0.0147 e. The molecule has 1 heterocycles. The minimum Gasteiger partial charge on any atom is -0.391 e. The van der Waals surface area contributed by atoms with Crippen LogP contribution in [0.15, 0.2) is 48.7 Å². The highest BCUT2D eigenvalue weighted by molar-refractivity contribution is 5.23. The summed E-state index contributed by atoms with van der Waals surface area (Å²) in [5.41, 5.74) is 1.24. The zero-order valence-corrected chi connectivity index (χ0v) is 8.87. The summed E-state index contributed by atoms with van der Waals surface area (Å²) < 4.78 is 0. The summed E-state index contributed by atoms with van der Waals surface area (Å²) in [6.45, 7) is 7.34. The Labute approximate surface area is 86.9 Å². The van der Waals surface area contributed by atoms with Crippen LogP contribution in [0.5, 0.6) is 0 Å². The van der Waals surface area contributed by atoms with E-state index in [2.05, 4.69) is 31.0 Å². The molecule has 1 nitrogen and oxygen atoms in total. The molecule has 1 aliphatic rings. The molecule has 0 fully saturated rings. The van der Waals surface area contributed by atoms with Crippen LogP contribution in [0.1, 0.15) is 19.8 Å². The van der Waals surface area contributed by atoms with Crippen molar-refractivity contribution in [3.63, 3.8) is 0 Å². The maximum absolute atomic E-state index is 4.10. The van der Waals surface area contributed by atoms with E-state index in [0.29, 0.717) is 5.92 Å². The average Bonchev–Trinajstić information content (AvgIpc) is 2.24. The summed E-state index contributed by atoms with van der Waals surface area (Å²) in [4.78, 5) is 0. The Balaban J connectivity index is 2.66. The lowest BCUT2D eigenvalue weighted by Gasteiger charge is -2.14. The summed E-state index contributed by atoms with van der Waals surface area (Å²) in [6.07, 6.45) is 14.5. The van der Waals surface area contributed by atoms with Crippen LogP contribution in [0.3, 0.4) is 0 Å². The van der Waals surface area contributed by atoms with Gasteiger partial charge in [-0.2, -0.15) is 0 Å². The van der Waals surface area contributed by atoms with E-state index in [4.69, 9.17) is 0 Å². The molecule has 0 amide bonds. The third-order valence-electron chi connectivity index (χ3n) is 2.51. The summed E-state index contributed by atoms with van der Waals surface area (Å²) >= 11 is 0. The van der Waals surface area contributed by atoms with Gasteiger partial charge in [0.1, 0.15) is 0 Å². The van der Waals surface area contributed by atoms with Crippen molar-refractivity contribution in [2.45, 2.75) is 19.8 Å². The summed E-state index contributed by atoms with van der Waals surface area (Å²) in [5.74, 6) is 0.610. The first-order chi connectivity index (χ1) is 6.84. The molecule has 1 atom stereocenters. The number of nitrogens with one attached hydrogen (secondary N) is 1. The van der Waals surface area contributed by atoms with Crippen LogP contribution >= 0.6 is 0 Å². The van der Waals surface area contributed by atoms with Gasteiger partial charge in [0.25, 0.3) is 0 Å². The molecule has 0 saturated carbocycles. The van der Waals surface area contributed by atoms with Gasteiger partial charge in [-0.1, -0.05) is 43.4 Å². The predicted octanol–water partition coefficient (Wildman–Crippen LogP) is 3.19. The van der Waals surface area contributed by atoms with Gasteiger partial charge in [-0.25, -0.2) is 0 Å². The van der Waals surface area contributed by atoms with E-state index in [1.54, 1.807) is 0 Å². The fourth-order valence-corrected chi connectivity index (χ4v) is 1.56. The molecule has 1 rings (SSSR count). The van der Waals surface area contributed by atoms with Crippen LogP contribution in [0.2, 0.25) is 0 Å². The Morgan fingerprint density at radius 3 is 2.93 bits per heavy atom. The molecule has 0 saturated heterocycles. The Bertz CT molecular complexity index is 258. The Morgan fingerprint density at radius 2 is 2.14 bits per heavy atom. The fraction of sp³-hybridized carbons (Fsp3) is 0.385. The summed E-state index contributed by atoms with van der Waals surface area (Å²) in [7, 11) is 0. The van der Waals surface area contributed by atoms with Crippen molar-refractivity contribution in [3.05, 3.63) is 48.7 Å². The molecule has 0 spiro atoms. The standard InChI is InChI=1S/C13H19N/c1-3-13-9-11-14-10-7-5-4-6-8-12(13)2/h4-8,10,13-14H,2-3,9,11H2,1H3/b5-4-,8-6-,10-7+. The minimum atomic E-state index is 0.610. The average molecular weight is 189 g/mol. The molecule has 14 heavy (non-hydrogen) atoms. The molecule has 1 unspecified atom stereocenters. The Hall–Kier alpha value is -1.24. The third-order valence-corrected chi connectivity index (χ3v) is 2.51. The zero-order valence-electron chi connectivity index (χ0n) is 8.87. The predicted molar refractivity (Wildman–Crippen MR) is 63.0 cm³/mol. The van der Waals surface area contributed by atoms with Crippen molar-refractivity contribution in [1.29, 1.82) is 0 Å². The van der Waals surface area contributed by atoms with Crippen molar-refractivity contribution < 1.29 is 0 Å². The fourth-order valence-electron chi connectivity index (χ4n) is 1.56. The monoisotopic (exact) mass is 189 g/mol. The van der Waals surface area contributed by atoms with Crippen molar-refractivity contribution in [1.82, 2.24) is 5.32 Å². The number of allylic oxidation sites excluding steroid dienone is 6. The number of rotatable bonds is 1. The van der Waals surface area contributed by atoms with Gasteiger partial charge in [0, 0.05) is 6.54 Å². The van der Waals surface area contributed by atoms with Gasteiger partial charge < -0.3 is 5.32 Å². The maximum atomic E-state index is 4.10. The molecule has 0 bridgehead atoms. The normalized spacial score (nSPS) is 29.8. The van der Waals surface area contributed by atoms with Crippen LogP contribution in [0.4, 0.5) is 0 Å². The van der Waals surface area contributed by atoms with Gasteiger partial charge in [-0.15, -0.1) is 0 Å². The molecular weight excluding hydrogens is 170 g/mol. The van der Waals surface area contributed by atoms with Gasteiger partial charge in [-0.05, 0) is 31.0 Å². The van der Waals surface area contributed by atoms with Gasteiger partial charge in [0.15, 0.2) is 0 Å². The van der Waals surface area contributed by atoms with E-state index in [0.717, 1.165) is 19.4 Å². The van der Waals surface area contributed by atoms with E-state index in [1.165, 1.54) is 5.57 Å². The minimum absolute atomic E-state index is 0.610. The molecule has 0 aromatic carbocycles. The maximum Gasteiger partial charge on any atom is 0.0147 e. The van der Waals surface area contributed by atoms with Crippen LogP contribution in [0, 0.1) is 5.92 Å². The third kappa shape index (κ3) is 3.65. The first-order valence-corrected chi connectivity index (χ1v) is 5.26. The van der Waals surface area contributed by atoms with E-state index in [9.17, 15) is 0 Å². The quantitative estimate of drug-likeness (QED) is 0.668. The van der Waals surface area contributed by atoms with Gasteiger partial charge in [-0.3, -0.25) is 0 Å². The highest BCUT2D eigenvalue weighted by Crippen LogP contribution is 2.18. The van der Waals surface area contributed by atoms with Gasteiger partial charge in [0.05, 0.1) is 0 Å². The van der Waals surface area contributed by atoms with Crippen molar-refractivity contribution in [2.24, 2.45) is 5.92 Å². The second-order valence-corrected chi connectivity index (χ2v) is 3.53. The summed E-state index contributed by atoms with van der Waals surface area (Å²) in [5, 5.41) is 3.27. The first kappa shape index (κ1) is 10.8. The lowest BCUT2D eigenvalue weighted by Crippen LogP contribution is -2.12. The van der Waals surface area contributed by atoms with E-state index < -0.39 is 0 Å². The van der Waals surface area contributed by atoms with Gasteiger partial charge in [0.2, 0.25) is 0 Å². The van der Waals surface area contributed by atoms with Crippen LogP contribution in [0.25, 0.3) is 0 Å². The molecule has 1 N–H and O–H groups in total. The first-order valence-electron chi connectivity index (χ1n) is 5.26. The summed E-state index contributed by atoms with van der Waals surface area (Å²) in [6, 6.07) is 0. The molecule has 0 aliphatic carbocycles. The zero-order chi connectivity index (χ0) is 10.2. The Kier molecular flexibility index (Phi) is 4.84. The molecule has 76 valence electrons. The lowest BCUT2D eigenvalue weighted by molar-refractivity contribution is 0.543. The molecule has 0 radical (unpaired) electrons. The molecule has 0 aromatic heterocycles. The lowest BCUT2D eigenvalue weighted by atomic mass is 9.94. The van der Waals surface area contributed by atoms with Crippen LogP contribution in [-0.4, -0.2) is 6.54 Å². The second-order valence-electron chi connectivity index (χ2n) is 3.53. The van der Waals surface area contributed by atoms with E-state index in [-0.39, 0.29) is 0 Å². The highest BCUT2D eigenvalue weighted by Gasteiger charge is 2.06. The van der Waals surface area contributed by atoms with E-state index >= 15 is 0 Å². The van der Waals surface area contributed by atoms with E-state index in [1.807, 2.05) is 24.4 Å².